The number of fused-ring (bicyclic) bond motifs is 1. The van der Waals surface area contributed by atoms with Gasteiger partial charge in [-0.15, -0.1) is 0 Å². The van der Waals surface area contributed by atoms with Gasteiger partial charge < -0.3 is 20.7 Å². The maximum absolute atomic E-state index is 13.9. The molecule has 0 atom stereocenters. The number of benzene rings is 1. The molecule has 0 radical (unpaired) electrons. The van der Waals surface area contributed by atoms with Crippen LogP contribution in [-0.4, -0.2) is 41.7 Å². The summed E-state index contributed by atoms with van der Waals surface area (Å²) in [6.07, 6.45) is 0.733. The molecule has 1 aromatic rings. The van der Waals surface area contributed by atoms with E-state index in [1.54, 1.807) is 17.0 Å². The van der Waals surface area contributed by atoms with Crippen LogP contribution in [0.1, 0.15) is 32.3 Å². The predicted octanol–water partition coefficient (Wildman–Crippen LogP) is 2.29. The van der Waals surface area contributed by atoms with Crippen molar-refractivity contribution in [3.05, 3.63) is 29.6 Å². The molecule has 1 amide bonds. The summed E-state index contributed by atoms with van der Waals surface area (Å²) in [5, 5.41) is 3.30. The standard InChI is InChI=1S/C16H21FN4O2/c1-10(2)23-15(22)21-8-6-16(7-9-21)19-12-5-3-4-11(17)13(12)14(18)20-16/h3-5,10,19H,6-9H2,1-2H3,(H2,18,20). The summed E-state index contributed by atoms with van der Waals surface area (Å²) in [5.74, 6) is -0.181. The highest BCUT2D eigenvalue weighted by Crippen LogP contribution is 2.35. The third-order valence-electron chi connectivity index (χ3n) is 4.16. The molecule has 1 aromatic carbocycles. The first kappa shape index (κ1) is 15.6. The van der Waals surface area contributed by atoms with Crippen LogP contribution in [0, 0.1) is 5.82 Å². The second kappa shape index (κ2) is 5.72. The third-order valence-corrected chi connectivity index (χ3v) is 4.16. The normalized spacial score (nSPS) is 19.1. The van der Waals surface area contributed by atoms with Crippen molar-refractivity contribution in [2.75, 3.05) is 18.4 Å². The SMILES string of the molecule is CC(C)OC(=O)N1CCC2(CC1)N=C(N)c1c(F)cccc1N2. The number of piperidine rings is 1. The lowest BCUT2D eigenvalue weighted by Gasteiger charge is -2.42. The Hall–Kier alpha value is -2.31. The van der Waals surface area contributed by atoms with Gasteiger partial charge in [0.1, 0.15) is 17.3 Å². The predicted molar refractivity (Wildman–Crippen MR) is 85.9 cm³/mol. The fraction of sp³-hybridized carbons (Fsp3) is 0.500. The molecule has 1 spiro atoms. The van der Waals surface area contributed by atoms with E-state index in [1.165, 1.54) is 6.07 Å². The van der Waals surface area contributed by atoms with E-state index in [9.17, 15) is 9.18 Å². The lowest BCUT2D eigenvalue weighted by atomic mass is 9.94. The summed E-state index contributed by atoms with van der Waals surface area (Å²) < 4.78 is 19.1. The fourth-order valence-electron chi connectivity index (χ4n) is 3.03. The van der Waals surface area contributed by atoms with Crippen LogP contribution in [0.4, 0.5) is 14.9 Å². The number of ether oxygens (including phenoxy) is 1. The lowest BCUT2D eigenvalue weighted by molar-refractivity contribution is 0.0646. The minimum Gasteiger partial charge on any atom is -0.447 e. The van der Waals surface area contributed by atoms with Gasteiger partial charge in [-0.05, 0) is 26.0 Å². The molecule has 0 aliphatic carbocycles. The van der Waals surface area contributed by atoms with E-state index in [4.69, 9.17) is 10.5 Å². The first-order chi connectivity index (χ1) is 10.9. The first-order valence-electron chi connectivity index (χ1n) is 7.78. The van der Waals surface area contributed by atoms with Crippen LogP contribution in [0.25, 0.3) is 0 Å². The molecule has 2 heterocycles. The number of carbonyl (C=O) groups excluding carboxylic acids is 1. The number of carbonyl (C=O) groups is 1. The number of hydrogen-bond donors (Lipinski definition) is 2. The van der Waals surface area contributed by atoms with Crippen molar-refractivity contribution in [2.24, 2.45) is 10.7 Å². The van der Waals surface area contributed by atoms with Crippen LogP contribution in [-0.2, 0) is 4.74 Å². The Balaban J connectivity index is 1.75. The number of aliphatic imine (C=N–C) groups is 1. The molecule has 0 unspecified atom stereocenters. The zero-order valence-corrected chi connectivity index (χ0v) is 13.3. The van der Waals surface area contributed by atoms with E-state index >= 15 is 0 Å². The zero-order chi connectivity index (χ0) is 16.6. The highest BCUT2D eigenvalue weighted by atomic mass is 19.1. The summed E-state index contributed by atoms with van der Waals surface area (Å²) in [6, 6.07) is 4.80. The van der Waals surface area contributed by atoms with E-state index < -0.39 is 5.66 Å². The van der Waals surface area contributed by atoms with E-state index in [1.807, 2.05) is 13.8 Å². The number of nitrogens with two attached hydrogens (primary N) is 1. The van der Waals surface area contributed by atoms with E-state index in [-0.39, 0.29) is 23.9 Å². The van der Waals surface area contributed by atoms with Gasteiger partial charge in [-0.1, -0.05) is 6.07 Å². The molecule has 3 N–H and O–H groups in total. The van der Waals surface area contributed by atoms with Crippen molar-refractivity contribution in [3.63, 3.8) is 0 Å². The number of halogens is 1. The number of likely N-dealkylation sites (tertiary alicyclic amines) is 1. The van der Waals surface area contributed by atoms with Gasteiger partial charge in [0.25, 0.3) is 0 Å². The van der Waals surface area contributed by atoms with Crippen LogP contribution < -0.4 is 11.1 Å². The number of hydrogen-bond acceptors (Lipinski definition) is 5. The molecule has 3 rings (SSSR count). The number of nitrogens with one attached hydrogen (secondary N) is 1. The van der Waals surface area contributed by atoms with Gasteiger partial charge >= 0.3 is 6.09 Å². The highest BCUT2D eigenvalue weighted by molar-refractivity contribution is 6.04. The Kier molecular flexibility index (Phi) is 3.87. The highest BCUT2D eigenvalue weighted by Gasteiger charge is 2.39. The Bertz CT molecular complexity index is 651. The number of nitrogens with zero attached hydrogens (tertiary/aromatic N) is 2. The maximum Gasteiger partial charge on any atom is 0.410 e. The van der Waals surface area contributed by atoms with Crippen LogP contribution in [0.5, 0.6) is 0 Å². The van der Waals surface area contributed by atoms with Gasteiger partial charge in [-0.2, -0.15) is 0 Å². The summed E-state index contributed by atoms with van der Waals surface area (Å²) in [5.41, 5.74) is 6.36. The van der Waals surface area contributed by atoms with Crippen LogP contribution in [0.2, 0.25) is 0 Å². The van der Waals surface area contributed by atoms with E-state index in [2.05, 4.69) is 10.3 Å². The Labute approximate surface area is 134 Å². The van der Waals surface area contributed by atoms with E-state index in [0.29, 0.717) is 37.2 Å². The first-order valence-corrected chi connectivity index (χ1v) is 7.78. The molecule has 6 nitrogen and oxygen atoms in total. The van der Waals surface area contributed by atoms with Crippen LogP contribution in [0.15, 0.2) is 23.2 Å². The lowest BCUT2D eigenvalue weighted by Crippen LogP contribution is -2.52. The van der Waals surface area contributed by atoms with Crippen LogP contribution in [0.3, 0.4) is 0 Å². The Morgan fingerprint density at radius 1 is 1.43 bits per heavy atom. The number of rotatable bonds is 1. The van der Waals surface area contributed by atoms with Gasteiger partial charge in [-0.25, -0.2) is 14.2 Å². The van der Waals surface area contributed by atoms with Crippen molar-refractivity contribution in [1.29, 1.82) is 0 Å². The molecule has 2 aliphatic rings. The number of amidine groups is 1. The van der Waals surface area contributed by atoms with Crippen molar-refractivity contribution < 1.29 is 13.9 Å². The fourth-order valence-corrected chi connectivity index (χ4v) is 3.03. The molecule has 0 saturated carbocycles. The number of anilines is 1. The average molecular weight is 320 g/mol. The molecule has 0 aromatic heterocycles. The molecule has 2 aliphatic heterocycles. The maximum atomic E-state index is 13.9. The molecule has 23 heavy (non-hydrogen) atoms. The van der Waals surface area contributed by atoms with Crippen molar-refractivity contribution in [2.45, 2.75) is 38.5 Å². The molecule has 7 heteroatoms. The van der Waals surface area contributed by atoms with Gasteiger partial charge in [0, 0.05) is 31.6 Å². The largest absolute Gasteiger partial charge is 0.447 e. The average Bonchev–Trinajstić information content (AvgIpc) is 2.46. The van der Waals surface area contributed by atoms with E-state index in [0.717, 1.165) is 0 Å². The summed E-state index contributed by atoms with van der Waals surface area (Å²) in [7, 11) is 0. The second-order valence-electron chi connectivity index (χ2n) is 6.24. The Morgan fingerprint density at radius 3 is 2.78 bits per heavy atom. The number of amides is 1. The molecule has 1 fully saturated rings. The quantitative estimate of drug-likeness (QED) is 0.832. The molecular weight excluding hydrogens is 299 g/mol. The van der Waals surface area contributed by atoms with Gasteiger partial charge in [0.15, 0.2) is 0 Å². The monoisotopic (exact) mass is 320 g/mol. The topological polar surface area (TPSA) is 80.0 Å². The molecule has 124 valence electrons. The van der Waals surface area contributed by atoms with Crippen molar-refractivity contribution in [1.82, 2.24) is 4.90 Å². The molecule has 1 saturated heterocycles. The minimum absolute atomic E-state index is 0.144. The van der Waals surface area contributed by atoms with Gasteiger partial charge in [0.05, 0.1) is 11.7 Å². The minimum atomic E-state index is -0.584. The summed E-state index contributed by atoms with van der Waals surface area (Å²) >= 11 is 0. The zero-order valence-electron chi connectivity index (χ0n) is 13.3. The van der Waals surface area contributed by atoms with Crippen molar-refractivity contribution >= 4 is 17.6 Å². The second-order valence-corrected chi connectivity index (χ2v) is 6.24. The van der Waals surface area contributed by atoms with Gasteiger partial charge in [0.2, 0.25) is 0 Å². The summed E-state index contributed by atoms with van der Waals surface area (Å²) in [6.45, 7) is 4.67. The Morgan fingerprint density at radius 2 is 2.13 bits per heavy atom. The third kappa shape index (κ3) is 2.95. The van der Waals surface area contributed by atoms with Crippen LogP contribution >= 0.6 is 0 Å². The van der Waals surface area contributed by atoms with Crippen molar-refractivity contribution in [3.8, 4) is 0 Å². The molecular formula is C16H21FN4O2. The smallest absolute Gasteiger partial charge is 0.410 e. The van der Waals surface area contributed by atoms with Gasteiger partial charge in [-0.3, -0.25) is 0 Å². The summed E-state index contributed by atoms with van der Waals surface area (Å²) in [4.78, 5) is 18.1. The molecule has 0 bridgehead atoms.